The number of amides is 1. The Morgan fingerprint density at radius 2 is 2.05 bits per heavy atom. The van der Waals surface area contributed by atoms with E-state index >= 15 is 0 Å². The number of likely N-dealkylation sites (tertiary alicyclic amines) is 1. The maximum atomic E-state index is 12.1. The lowest BCUT2D eigenvalue weighted by molar-refractivity contribution is -0.128. The molecule has 0 spiro atoms. The second kappa shape index (κ2) is 6.79. The van der Waals surface area contributed by atoms with Crippen molar-refractivity contribution >= 4 is 11.7 Å². The Hall–Kier alpha value is -2.08. The largest absolute Gasteiger partial charge is 0.486 e. The SMILES string of the molecule is O=C(COCCN1CCCC1=O)c1ccc2c(c1)OCCO2. The molecule has 0 aromatic heterocycles. The molecule has 1 saturated heterocycles. The second-order valence-corrected chi connectivity index (χ2v) is 5.32. The third-order valence-corrected chi connectivity index (χ3v) is 3.77. The van der Waals surface area contributed by atoms with Crippen LogP contribution in [0.25, 0.3) is 0 Å². The Bertz CT molecular complexity index is 572. The molecule has 22 heavy (non-hydrogen) atoms. The first-order chi connectivity index (χ1) is 10.7. The Labute approximate surface area is 128 Å². The maximum absolute atomic E-state index is 12.1. The summed E-state index contributed by atoms with van der Waals surface area (Å²) < 4.78 is 16.3. The monoisotopic (exact) mass is 305 g/mol. The van der Waals surface area contributed by atoms with E-state index in [1.54, 1.807) is 23.1 Å². The summed E-state index contributed by atoms with van der Waals surface area (Å²) >= 11 is 0. The van der Waals surface area contributed by atoms with Crippen LogP contribution in [0, 0.1) is 0 Å². The molecule has 3 rings (SSSR count). The third kappa shape index (κ3) is 3.39. The molecule has 6 nitrogen and oxygen atoms in total. The molecule has 0 saturated carbocycles. The summed E-state index contributed by atoms with van der Waals surface area (Å²) in [7, 11) is 0. The summed E-state index contributed by atoms with van der Waals surface area (Å²) in [5.41, 5.74) is 0.543. The standard InChI is InChI=1S/C16H19NO5/c18-13(11-20-7-6-17-5-1-2-16(17)19)12-3-4-14-15(10-12)22-9-8-21-14/h3-4,10H,1-2,5-9,11H2. The number of benzene rings is 1. The number of hydrogen-bond donors (Lipinski definition) is 0. The molecule has 1 amide bonds. The van der Waals surface area contributed by atoms with Crippen molar-refractivity contribution in [3.05, 3.63) is 23.8 Å². The van der Waals surface area contributed by atoms with Crippen molar-refractivity contribution < 1.29 is 23.8 Å². The first-order valence-corrected chi connectivity index (χ1v) is 7.52. The average Bonchev–Trinajstić information content (AvgIpc) is 2.96. The van der Waals surface area contributed by atoms with Crippen molar-refractivity contribution in [3.8, 4) is 11.5 Å². The lowest BCUT2D eigenvalue weighted by Crippen LogP contribution is -2.29. The van der Waals surface area contributed by atoms with E-state index in [4.69, 9.17) is 14.2 Å². The minimum absolute atomic E-state index is 0.00166. The van der Waals surface area contributed by atoms with Crippen LogP contribution in [0.2, 0.25) is 0 Å². The van der Waals surface area contributed by atoms with E-state index in [0.29, 0.717) is 49.8 Å². The molecular weight excluding hydrogens is 286 g/mol. The van der Waals surface area contributed by atoms with E-state index in [2.05, 4.69) is 0 Å². The maximum Gasteiger partial charge on any atom is 0.222 e. The van der Waals surface area contributed by atoms with Crippen LogP contribution < -0.4 is 9.47 Å². The van der Waals surface area contributed by atoms with Crippen LogP contribution in [-0.4, -0.2) is 56.1 Å². The molecular formula is C16H19NO5. The summed E-state index contributed by atoms with van der Waals surface area (Å²) in [6.07, 6.45) is 1.53. The highest BCUT2D eigenvalue weighted by molar-refractivity contribution is 5.97. The van der Waals surface area contributed by atoms with Crippen LogP contribution in [0.4, 0.5) is 0 Å². The van der Waals surface area contributed by atoms with Crippen LogP contribution >= 0.6 is 0 Å². The molecule has 0 aliphatic carbocycles. The summed E-state index contributed by atoms with van der Waals surface area (Å²) in [5, 5.41) is 0. The van der Waals surface area contributed by atoms with Crippen molar-refractivity contribution in [1.82, 2.24) is 4.90 Å². The number of rotatable bonds is 6. The van der Waals surface area contributed by atoms with E-state index < -0.39 is 0 Å². The van der Waals surface area contributed by atoms with Gasteiger partial charge in [0.25, 0.3) is 0 Å². The normalized spacial score (nSPS) is 16.9. The Morgan fingerprint density at radius 1 is 1.23 bits per heavy atom. The first kappa shape index (κ1) is 14.8. The fourth-order valence-corrected chi connectivity index (χ4v) is 2.58. The zero-order valence-electron chi connectivity index (χ0n) is 12.4. The van der Waals surface area contributed by atoms with Crippen LogP contribution in [0.3, 0.4) is 0 Å². The van der Waals surface area contributed by atoms with E-state index in [1.165, 1.54) is 0 Å². The van der Waals surface area contributed by atoms with Gasteiger partial charge in [-0.2, -0.15) is 0 Å². The quantitative estimate of drug-likeness (QED) is 0.585. The van der Waals surface area contributed by atoms with Crippen molar-refractivity contribution in [2.45, 2.75) is 12.8 Å². The molecule has 0 bridgehead atoms. The molecule has 2 heterocycles. The van der Waals surface area contributed by atoms with Gasteiger partial charge in [-0.1, -0.05) is 0 Å². The lowest BCUT2D eigenvalue weighted by atomic mass is 10.1. The van der Waals surface area contributed by atoms with Gasteiger partial charge >= 0.3 is 0 Å². The molecule has 0 radical (unpaired) electrons. The molecule has 2 aliphatic rings. The van der Waals surface area contributed by atoms with Crippen molar-refractivity contribution in [3.63, 3.8) is 0 Å². The Kier molecular flexibility index (Phi) is 4.58. The highest BCUT2D eigenvalue weighted by atomic mass is 16.6. The van der Waals surface area contributed by atoms with Gasteiger partial charge in [-0.25, -0.2) is 0 Å². The Balaban J connectivity index is 1.46. The zero-order chi connectivity index (χ0) is 15.4. The van der Waals surface area contributed by atoms with E-state index in [0.717, 1.165) is 13.0 Å². The Morgan fingerprint density at radius 3 is 2.82 bits per heavy atom. The van der Waals surface area contributed by atoms with Gasteiger partial charge < -0.3 is 19.1 Å². The lowest BCUT2D eigenvalue weighted by Gasteiger charge is -2.18. The number of Topliss-reactive ketones (excluding diaryl/α,β-unsaturated/α-hetero) is 1. The third-order valence-electron chi connectivity index (χ3n) is 3.77. The topological polar surface area (TPSA) is 65.1 Å². The molecule has 1 aromatic rings. The van der Waals surface area contributed by atoms with E-state index in [9.17, 15) is 9.59 Å². The van der Waals surface area contributed by atoms with Gasteiger partial charge in [0.05, 0.1) is 6.61 Å². The summed E-state index contributed by atoms with van der Waals surface area (Å²) in [6.45, 7) is 2.74. The number of carbonyl (C=O) groups excluding carboxylic acids is 2. The molecule has 1 aromatic carbocycles. The number of carbonyl (C=O) groups is 2. The van der Waals surface area contributed by atoms with Crippen molar-refractivity contribution in [1.29, 1.82) is 0 Å². The van der Waals surface area contributed by atoms with Crippen LogP contribution in [0.15, 0.2) is 18.2 Å². The minimum Gasteiger partial charge on any atom is -0.486 e. The van der Waals surface area contributed by atoms with Gasteiger partial charge in [-0.05, 0) is 24.6 Å². The fourth-order valence-electron chi connectivity index (χ4n) is 2.58. The van der Waals surface area contributed by atoms with E-state index in [-0.39, 0.29) is 18.3 Å². The number of hydrogen-bond acceptors (Lipinski definition) is 5. The van der Waals surface area contributed by atoms with E-state index in [1.807, 2.05) is 0 Å². The molecule has 0 atom stereocenters. The second-order valence-electron chi connectivity index (χ2n) is 5.32. The summed E-state index contributed by atoms with van der Waals surface area (Å²) in [5.74, 6) is 1.32. The van der Waals surface area contributed by atoms with Gasteiger partial charge in [-0.3, -0.25) is 9.59 Å². The van der Waals surface area contributed by atoms with Gasteiger partial charge in [0, 0.05) is 25.1 Å². The van der Waals surface area contributed by atoms with Gasteiger partial charge in [0.15, 0.2) is 17.3 Å². The van der Waals surface area contributed by atoms with Crippen molar-refractivity contribution in [2.75, 3.05) is 39.5 Å². The van der Waals surface area contributed by atoms with Gasteiger partial charge in [-0.15, -0.1) is 0 Å². The molecule has 2 aliphatic heterocycles. The average molecular weight is 305 g/mol. The van der Waals surface area contributed by atoms with Crippen molar-refractivity contribution in [2.24, 2.45) is 0 Å². The van der Waals surface area contributed by atoms with Crippen LogP contribution in [-0.2, 0) is 9.53 Å². The summed E-state index contributed by atoms with van der Waals surface area (Å²) in [4.78, 5) is 25.3. The number of ketones is 1. The molecule has 0 unspecified atom stereocenters. The number of fused-ring (bicyclic) bond motifs is 1. The predicted molar refractivity (Wildman–Crippen MR) is 78.4 cm³/mol. The summed E-state index contributed by atoms with van der Waals surface area (Å²) in [6, 6.07) is 5.14. The van der Waals surface area contributed by atoms with Gasteiger partial charge in [0.1, 0.15) is 19.8 Å². The molecule has 6 heteroatoms. The minimum atomic E-state index is -0.107. The van der Waals surface area contributed by atoms with Crippen LogP contribution in [0.1, 0.15) is 23.2 Å². The molecule has 0 N–H and O–H groups in total. The number of nitrogens with zero attached hydrogens (tertiary/aromatic N) is 1. The fraction of sp³-hybridized carbons (Fsp3) is 0.500. The highest BCUT2D eigenvalue weighted by Gasteiger charge is 2.19. The molecule has 118 valence electrons. The highest BCUT2D eigenvalue weighted by Crippen LogP contribution is 2.30. The predicted octanol–water partition coefficient (Wildman–Crippen LogP) is 1.28. The molecule has 1 fully saturated rings. The smallest absolute Gasteiger partial charge is 0.222 e. The van der Waals surface area contributed by atoms with Gasteiger partial charge in [0.2, 0.25) is 5.91 Å². The number of ether oxygens (including phenoxy) is 3. The first-order valence-electron chi connectivity index (χ1n) is 7.52. The van der Waals surface area contributed by atoms with Crippen LogP contribution in [0.5, 0.6) is 11.5 Å². The zero-order valence-corrected chi connectivity index (χ0v) is 12.4.